The molecule has 0 radical (unpaired) electrons. The Bertz CT molecular complexity index is 396. The van der Waals surface area contributed by atoms with Crippen molar-refractivity contribution < 1.29 is 9.47 Å². The van der Waals surface area contributed by atoms with Crippen LogP contribution in [0.1, 0.15) is 36.8 Å². The van der Waals surface area contributed by atoms with Gasteiger partial charge >= 0.3 is 0 Å². The van der Waals surface area contributed by atoms with Crippen LogP contribution in [0.15, 0.2) is 30.5 Å². The quantitative estimate of drug-likeness (QED) is 0.737. The minimum Gasteiger partial charge on any atom is -0.502 e. The molecule has 1 atom stereocenters. The Labute approximate surface area is 103 Å². The van der Waals surface area contributed by atoms with Crippen LogP contribution < -0.4 is 4.74 Å². The number of benzene rings is 1. The van der Waals surface area contributed by atoms with E-state index in [0.29, 0.717) is 5.92 Å². The molecule has 1 aromatic carbocycles. The van der Waals surface area contributed by atoms with Crippen LogP contribution in [-0.2, 0) is 11.2 Å². The molecule has 17 heavy (non-hydrogen) atoms. The number of fused-ring (bicyclic) bond motifs is 1. The lowest BCUT2D eigenvalue weighted by Gasteiger charge is -2.23. The molecule has 0 saturated heterocycles. The second kappa shape index (κ2) is 5.76. The van der Waals surface area contributed by atoms with Crippen LogP contribution in [0.4, 0.5) is 0 Å². The summed E-state index contributed by atoms with van der Waals surface area (Å²) in [7, 11) is 1.72. The Hall–Kier alpha value is -1.44. The maximum absolute atomic E-state index is 5.29. The molecular weight excluding hydrogens is 212 g/mol. The second-order valence-electron chi connectivity index (χ2n) is 4.35. The molecule has 0 bridgehead atoms. The zero-order valence-corrected chi connectivity index (χ0v) is 10.6. The van der Waals surface area contributed by atoms with Gasteiger partial charge in [-0.15, -0.1) is 0 Å². The Morgan fingerprint density at radius 1 is 1.41 bits per heavy atom. The topological polar surface area (TPSA) is 18.5 Å². The summed E-state index contributed by atoms with van der Waals surface area (Å²) in [6.45, 7) is 2.74. The number of methoxy groups -OCH3 is 1. The fourth-order valence-electron chi connectivity index (χ4n) is 2.40. The molecule has 1 aromatic rings. The first kappa shape index (κ1) is 12.0. The fourth-order valence-corrected chi connectivity index (χ4v) is 2.40. The van der Waals surface area contributed by atoms with E-state index in [1.165, 1.54) is 24.0 Å². The van der Waals surface area contributed by atoms with Gasteiger partial charge in [0.1, 0.15) is 5.75 Å². The normalized spacial score (nSPS) is 19.1. The fraction of sp³-hybridized carbons (Fsp3) is 0.467. The summed E-state index contributed by atoms with van der Waals surface area (Å²) in [5, 5.41) is 0. The molecule has 92 valence electrons. The molecule has 0 saturated carbocycles. The van der Waals surface area contributed by atoms with E-state index in [1.807, 2.05) is 19.3 Å². The van der Waals surface area contributed by atoms with Crippen molar-refractivity contribution in [3.05, 3.63) is 41.7 Å². The molecule has 0 amide bonds. The summed E-state index contributed by atoms with van der Waals surface area (Å²) in [5.74, 6) is 1.45. The van der Waals surface area contributed by atoms with Crippen LogP contribution in [0.5, 0.6) is 5.75 Å². The molecule has 2 rings (SSSR count). The van der Waals surface area contributed by atoms with Gasteiger partial charge in [0.05, 0.1) is 20.0 Å². The van der Waals surface area contributed by atoms with Gasteiger partial charge < -0.3 is 9.47 Å². The molecule has 2 nitrogen and oxygen atoms in total. The zero-order valence-electron chi connectivity index (χ0n) is 10.6. The number of ether oxygens (including phenoxy) is 2. The summed E-state index contributed by atoms with van der Waals surface area (Å²) in [4.78, 5) is 0. The third kappa shape index (κ3) is 2.82. The lowest BCUT2D eigenvalue weighted by Crippen LogP contribution is -2.08. The molecule has 1 aliphatic rings. The van der Waals surface area contributed by atoms with E-state index in [1.54, 1.807) is 7.11 Å². The van der Waals surface area contributed by atoms with Gasteiger partial charge in [-0.1, -0.05) is 6.07 Å². The lowest BCUT2D eigenvalue weighted by molar-refractivity contribution is 0.267. The predicted octanol–water partition coefficient (Wildman–Crippen LogP) is 3.67. The van der Waals surface area contributed by atoms with Gasteiger partial charge in [-0.2, -0.15) is 0 Å². The highest BCUT2D eigenvalue weighted by molar-refractivity contribution is 5.40. The van der Waals surface area contributed by atoms with Gasteiger partial charge in [-0.3, -0.25) is 0 Å². The van der Waals surface area contributed by atoms with Crippen molar-refractivity contribution in [2.24, 2.45) is 0 Å². The van der Waals surface area contributed by atoms with Crippen LogP contribution in [0, 0.1) is 0 Å². The average Bonchev–Trinajstić information content (AvgIpc) is 2.38. The molecular formula is C15H20O2. The van der Waals surface area contributed by atoms with Crippen LogP contribution in [0.25, 0.3) is 0 Å². The summed E-state index contributed by atoms with van der Waals surface area (Å²) in [6.07, 6.45) is 7.62. The molecule has 0 heterocycles. The van der Waals surface area contributed by atoms with E-state index in [-0.39, 0.29) is 0 Å². The molecule has 0 aliphatic heterocycles. The van der Waals surface area contributed by atoms with E-state index >= 15 is 0 Å². The molecule has 0 unspecified atom stereocenters. The van der Waals surface area contributed by atoms with Crippen LogP contribution in [-0.4, -0.2) is 13.7 Å². The SMILES string of the molecule is CCO/C=C/[C@@H]1CCCc2cc(OC)ccc21. The lowest BCUT2D eigenvalue weighted by atomic mass is 9.83. The maximum Gasteiger partial charge on any atom is 0.119 e. The Morgan fingerprint density at radius 2 is 2.29 bits per heavy atom. The van der Waals surface area contributed by atoms with Crippen molar-refractivity contribution in [1.82, 2.24) is 0 Å². The number of aryl methyl sites for hydroxylation is 1. The largest absolute Gasteiger partial charge is 0.502 e. The molecule has 1 aliphatic carbocycles. The number of allylic oxidation sites excluding steroid dienone is 1. The smallest absolute Gasteiger partial charge is 0.119 e. The summed E-state index contributed by atoms with van der Waals surface area (Å²) in [6, 6.07) is 6.40. The minimum absolute atomic E-state index is 0.496. The average molecular weight is 232 g/mol. The van der Waals surface area contributed by atoms with Crippen molar-refractivity contribution in [3.63, 3.8) is 0 Å². The van der Waals surface area contributed by atoms with E-state index in [4.69, 9.17) is 9.47 Å². The summed E-state index contributed by atoms with van der Waals surface area (Å²) >= 11 is 0. The van der Waals surface area contributed by atoms with Gasteiger partial charge in [0.25, 0.3) is 0 Å². The molecule has 0 fully saturated rings. The molecule has 0 spiro atoms. The number of hydrogen-bond donors (Lipinski definition) is 0. The van der Waals surface area contributed by atoms with Crippen molar-refractivity contribution >= 4 is 0 Å². The van der Waals surface area contributed by atoms with E-state index in [9.17, 15) is 0 Å². The predicted molar refractivity (Wildman–Crippen MR) is 69.4 cm³/mol. The molecule has 2 heteroatoms. The highest BCUT2D eigenvalue weighted by Crippen LogP contribution is 2.34. The molecule has 0 N–H and O–H groups in total. The third-order valence-electron chi connectivity index (χ3n) is 3.28. The van der Waals surface area contributed by atoms with Crippen LogP contribution in [0.2, 0.25) is 0 Å². The van der Waals surface area contributed by atoms with Gasteiger partial charge in [-0.25, -0.2) is 0 Å². The Kier molecular flexibility index (Phi) is 4.08. The minimum atomic E-state index is 0.496. The second-order valence-corrected chi connectivity index (χ2v) is 4.35. The number of rotatable bonds is 4. The van der Waals surface area contributed by atoms with Gasteiger partial charge in [0, 0.05) is 5.92 Å². The van der Waals surface area contributed by atoms with Crippen molar-refractivity contribution in [3.8, 4) is 5.75 Å². The monoisotopic (exact) mass is 232 g/mol. The van der Waals surface area contributed by atoms with E-state index < -0.39 is 0 Å². The summed E-state index contributed by atoms with van der Waals surface area (Å²) < 4.78 is 10.6. The Morgan fingerprint density at radius 3 is 3.06 bits per heavy atom. The Balaban J connectivity index is 2.19. The first-order valence-corrected chi connectivity index (χ1v) is 6.30. The van der Waals surface area contributed by atoms with Crippen molar-refractivity contribution in [1.29, 1.82) is 0 Å². The third-order valence-corrected chi connectivity index (χ3v) is 3.28. The van der Waals surface area contributed by atoms with Crippen molar-refractivity contribution in [2.45, 2.75) is 32.1 Å². The highest BCUT2D eigenvalue weighted by atomic mass is 16.5. The van der Waals surface area contributed by atoms with E-state index in [2.05, 4.69) is 18.2 Å². The van der Waals surface area contributed by atoms with Gasteiger partial charge in [0.2, 0.25) is 0 Å². The van der Waals surface area contributed by atoms with Crippen molar-refractivity contribution in [2.75, 3.05) is 13.7 Å². The maximum atomic E-state index is 5.29. The van der Waals surface area contributed by atoms with Crippen LogP contribution >= 0.6 is 0 Å². The van der Waals surface area contributed by atoms with Gasteiger partial charge in [-0.05, 0) is 55.5 Å². The van der Waals surface area contributed by atoms with Crippen LogP contribution in [0.3, 0.4) is 0 Å². The summed E-state index contributed by atoms with van der Waals surface area (Å²) in [5.41, 5.74) is 2.84. The van der Waals surface area contributed by atoms with Gasteiger partial charge in [0.15, 0.2) is 0 Å². The highest BCUT2D eigenvalue weighted by Gasteiger charge is 2.18. The van der Waals surface area contributed by atoms with E-state index in [0.717, 1.165) is 18.8 Å². The molecule has 0 aromatic heterocycles. The zero-order chi connectivity index (χ0) is 12.1. The number of hydrogen-bond acceptors (Lipinski definition) is 2. The standard InChI is InChI=1S/C15H20O2/c1-3-17-10-9-12-5-4-6-13-11-14(16-2)7-8-15(12)13/h7-12H,3-6H2,1-2H3/b10-9+/t12-/m0/s1. The first-order valence-electron chi connectivity index (χ1n) is 6.30. The first-order chi connectivity index (χ1) is 8.35.